The highest BCUT2D eigenvalue weighted by Crippen LogP contribution is 2.33. The molecule has 1 N–H and O–H groups in total. The standard InChI is InChI=1S/C18H16N2O3S2/c1-19-25(22,23)14-6-7-15-12(10-14)8-9-20(15)18(21)17-11-13-4-2-3-5-16(13)24-17/h2-7,10-11,19H,8-9H2,1H3. The molecule has 0 unspecified atom stereocenters. The molecule has 0 spiro atoms. The molecule has 5 nitrogen and oxygen atoms in total. The molecular formula is C18H16N2O3S2. The molecule has 7 heteroatoms. The first kappa shape index (κ1) is 16.3. The first-order valence-electron chi connectivity index (χ1n) is 7.86. The molecule has 1 aliphatic rings. The highest BCUT2D eigenvalue weighted by molar-refractivity contribution is 7.89. The van der Waals surface area contributed by atoms with Gasteiger partial charge >= 0.3 is 0 Å². The van der Waals surface area contributed by atoms with E-state index < -0.39 is 10.0 Å². The first-order chi connectivity index (χ1) is 12.0. The number of amides is 1. The van der Waals surface area contributed by atoms with Crippen LogP contribution in [0.4, 0.5) is 5.69 Å². The van der Waals surface area contributed by atoms with Crippen molar-refractivity contribution in [3.05, 3.63) is 59.0 Å². The van der Waals surface area contributed by atoms with Crippen molar-refractivity contribution in [2.75, 3.05) is 18.5 Å². The number of carbonyl (C=O) groups is 1. The van der Waals surface area contributed by atoms with Gasteiger partial charge in [-0.25, -0.2) is 13.1 Å². The summed E-state index contributed by atoms with van der Waals surface area (Å²) in [7, 11) is -2.09. The second kappa shape index (κ2) is 5.94. The lowest BCUT2D eigenvalue weighted by atomic mass is 10.2. The minimum atomic E-state index is -3.48. The van der Waals surface area contributed by atoms with Gasteiger partial charge in [0.15, 0.2) is 0 Å². The lowest BCUT2D eigenvalue weighted by Crippen LogP contribution is -2.28. The van der Waals surface area contributed by atoms with Crippen LogP contribution in [0.25, 0.3) is 10.1 Å². The van der Waals surface area contributed by atoms with Crippen molar-refractivity contribution in [2.24, 2.45) is 0 Å². The van der Waals surface area contributed by atoms with E-state index in [1.54, 1.807) is 23.1 Å². The number of benzene rings is 2. The Balaban J connectivity index is 1.69. The predicted molar refractivity (Wildman–Crippen MR) is 99.9 cm³/mol. The normalized spacial score (nSPS) is 14.0. The number of rotatable bonds is 3. The van der Waals surface area contributed by atoms with Crippen molar-refractivity contribution >= 4 is 43.0 Å². The smallest absolute Gasteiger partial charge is 0.268 e. The van der Waals surface area contributed by atoms with Gasteiger partial charge in [0.1, 0.15) is 0 Å². The van der Waals surface area contributed by atoms with Gasteiger partial charge < -0.3 is 4.90 Å². The topological polar surface area (TPSA) is 66.5 Å². The predicted octanol–water partition coefficient (Wildman–Crippen LogP) is 3.01. The van der Waals surface area contributed by atoms with E-state index in [0.29, 0.717) is 17.8 Å². The molecule has 0 radical (unpaired) electrons. The molecule has 4 rings (SSSR count). The molecule has 3 aromatic rings. The molecule has 1 amide bonds. The SMILES string of the molecule is CNS(=O)(=O)c1ccc2c(c1)CCN2C(=O)c1cc2ccccc2s1. The zero-order valence-electron chi connectivity index (χ0n) is 13.5. The fraction of sp³-hybridized carbons (Fsp3) is 0.167. The third-order valence-corrected chi connectivity index (χ3v) is 6.92. The Bertz CT molecular complexity index is 1050. The van der Waals surface area contributed by atoms with E-state index in [9.17, 15) is 13.2 Å². The summed E-state index contributed by atoms with van der Waals surface area (Å²) in [6, 6.07) is 14.7. The maximum absolute atomic E-state index is 12.9. The van der Waals surface area contributed by atoms with Crippen LogP contribution < -0.4 is 9.62 Å². The van der Waals surface area contributed by atoms with Crippen LogP contribution in [0.2, 0.25) is 0 Å². The van der Waals surface area contributed by atoms with Crippen molar-refractivity contribution < 1.29 is 13.2 Å². The average Bonchev–Trinajstić information content (AvgIpc) is 3.24. The second-order valence-corrected chi connectivity index (χ2v) is 8.82. The third kappa shape index (κ3) is 2.74. The number of sulfonamides is 1. The summed E-state index contributed by atoms with van der Waals surface area (Å²) < 4.78 is 27.3. The van der Waals surface area contributed by atoms with Crippen molar-refractivity contribution in [1.29, 1.82) is 0 Å². The summed E-state index contributed by atoms with van der Waals surface area (Å²) in [6.07, 6.45) is 0.652. The summed E-state index contributed by atoms with van der Waals surface area (Å²) in [4.78, 5) is 15.6. The Morgan fingerprint density at radius 2 is 1.96 bits per heavy atom. The first-order valence-corrected chi connectivity index (χ1v) is 10.2. The lowest BCUT2D eigenvalue weighted by molar-refractivity contribution is 0.0993. The van der Waals surface area contributed by atoms with Gasteiger partial charge in [-0.2, -0.15) is 0 Å². The molecule has 0 saturated carbocycles. The van der Waals surface area contributed by atoms with Gasteiger partial charge in [0.25, 0.3) is 5.91 Å². The molecule has 0 fully saturated rings. The summed E-state index contributed by atoms with van der Waals surface area (Å²) in [5.74, 6) is -0.0378. The van der Waals surface area contributed by atoms with E-state index in [2.05, 4.69) is 4.72 Å². The van der Waals surface area contributed by atoms with E-state index in [4.69, 9.17) is 0 Å². The Morgan fingerprint density at radius 1 is 1.16 bits per heavy atom. The van der Waals surface area contributed by atoms with Crippen LogP contribution in [-0.2, 0) is 16.4 Å². The highest BCUT2D eigenvalue weighted by Gasteiger charge is 2.28. The van der Waals surface area contributed by atoms with Crippen LogP contribution in [0.15, 0.2) is 53.4 Å². The van der Waals surface area contributed by atoms with Gasteiger partial charge in [-0.05, 0) is 54.8 Å². The third-order valence-electron chi connectivity index (χ3n) is 4.41. The maximum Gasteiger partial charge on any atom is 0.268 e. The Labute approximate surface area is 149 Å². The molecule has 0 saturated heterocycles. The van der Waals surface area contributed by atoms with Gasteiger partial charge in [-0.15, -0.1) is 11.3 Å². The minimum Gasteiger partial charge on any atom is -0.307 e. The van der Waals surface area contributed by atoms with Gasteiger partial charge in [-0.1, -0.05) is 18.2 Å². The van der Waals surface area contributed by atoms with Gasteiger partial charge in [0, 0.05) is 16.9 Å². The zero-order chi connectivity index (χ0) is 17.6. The second-order valence-electron chi connectivity index (χ2n) is 5.85. The number of anilines is 1. The molecule has 128 valence electrons. The monoisotopic (exact) mass is 372 g/mol. The van der Waals surface area contributed by atoms with Crippen LogP contribution in [0.5, 0.6) is 0 Å². The summed E-state index contributed by atoms with van der Waals surface area (Å²) in [5, 5.41) is 1.06. The van der Waals surface area contributed by atoms with Crippen molar-refractivity contribution in [3.63, 3.8) is 0 Å². The molecule has 0 bridgehead atoms. The summed E-state index contributed by atoms with van der Waals surface area (Å²) in [5.41, 5.74) is 1.67. The van der Waals surface area contributed by atoms with E-state index in [0.717, 1.165) is 21.3 Å². The molecular weight excluding hydrogens is 356 g/mol. The molecule has 0 aliphatic carbocycles. The fourth-order valence-electron chi connectivity index (χ4n) is 3.09. The quantitative estimate of drug-likeness (QED) is 0.769. The molecule has 1 aromatic heterocycles. The fourth-order valence-corrected chi connectivity index (χ4v) is 4.89. The van der Waals surface area contributed by atoms with Crippen LogP contribution in [0, 0.1) is 0 Å². The Kier molecular flexibility index (Phi) is 3.87. The van der Waals surface area contributed by atoms with Crippen LogP contribution in [-0.4, -0.2) is 27.9 Å². The van der Waals surface area contributed by atoms with Crippen LogP contribution >= 0.6 is 11.3 Å². The number of carbonyl (C=O) groups excluding carboxylic acids is 1. The van der Waals surface area contributed by atoms with Gasteiger partial charge in [0.05, 0.1) is 9.77 Å². The van der Waals surface area contributed by atoms with Crippen molar-refractivity contribution in [3.8, 4) is 0 Å². The van der Waals surface area contributed by atoms with Crippen LogP contribution in [0.1, 0.15) is 15.2 Å². The molecule has 1 aliphatic heterocycles. The Morgan fingerprint density at radius 3 is 2.72 bits per heavy atom. The molecule has 2 heterocycles. The Hall–Kier alpha value is -2.22. The van der Waals surface area contributed by atoms with E-state index >= 15 is 0 Å². The maximum atomic E-state index is 12.9. The molecule has 2 aromatic carbocycles. The number of nitrogens with zero attached hydrogens (tertiary/aromatic N) is 1. The average molecular weight is 372 g/mol. The minimum absolute atomic E-state index is 0.0378. The lowest BCUT2D eigenvalue weighted by Gasteiger charge is -2.16. The molecule has 0 atom stereocenters. The van der Waals surface area contributed by atoms with E-state index in [1.165, 1.54) is 18.4 Å². The van der Waals surface area contributed by atoms with Crippen LogP contribution in [0.3, 0.4) is 0 Å². The number of hydrogen-bond donors (Lipinski definition) is 1. The highest BCUT2D eigenvalue weighted by atomic mass is 32.2. The van der Waals surface area contributed by atoms with Crippen molar-refractivity contribution in [1.82, 2.24) is 4.72 Å². The summed E-state index contributed by atoms with van der Waals surface area (Å²) >= 11 is 1.48. The van der Waals surface area contributed by atoms with Gasteiger partial charge in [0.2, 0.25) is 10.0 Å². The number of fused-ring (bicyclic) bond motifs is 2. The number of hydrogen-bond acceptors (Lipinski definition) is 4. The number of nitrogens with one attached hydrogen (secondary N) is 1. The van der Waals surface area contributed by atoms with Crippen molar-refractivity contribution in [2.45, 2.75) is 11.3 Å². The summed E-state index contributed by atoms with van der Waals surface area (Å²) in [6.45, 7) is 0.561. The van der Waals surface area contributed by atoms with Gasteiger partial charge in [-0.3, -0.25) is 4.79 Å². The van der Waals surface area contributed by atoms with E-state index in [-0.39, 0.29) is 10.8 Å². The zero-order valence-corrected chi connectivity index (χ0v) is 15.2. The van der Waals surface area contributed by atoms with E-state index in [1.807, 2.05) is 30.3 Å². The molecule has 25 heavy (non-hydrogen) atoms. The largest absolute Gasteiger partial charge is 0.307 e. The number of thiophene rings is 1.